The number of aliphatic hydroxyl groups excluding tert-OH is 1. The number of thiazole rings is 1. The Kier molecular flexibility index (Phi) is 4.76. The van der Waals surface area contributed by atoms with Gasteiger partial charge in [-0.05, 0) is 40.2 Å². The molecule has 2 atom stereocenters. The first-order chi connectivity index (χ1) is 8.56. The van der Waals surface area contributed by atoms with Gasteiger partial charge < -0.3 is 10.0 Å². The molecule has 0 amide bonds. The number of nitrogens with zero attached hydrogens (tertiary/aromatic N) is 2. The quantitative estimate of drug-likeness (QED) is 0.912. The van der Waals surface area contributed by atoms with Gasteiger partial charge in [0.1, 0.15) is 0 Å². The Morgan fingerprint density at radius 2 is 2.28 bits per heavy atom. The normalized spacial score (nSPS) is 23.5. The number of piperidine rings is 1. The summed E-state index contributed by atoms with van der Waals surface area (Å²) in [6.45, 7) is 8.73. The number of likely N-dealkylation sites (tertiary alicyclic amines) is 1. The summed E-state index contributed by atoms with van der Waals surface area (Å²) in [5, 5.41) is 10.7. The average molecular weight is 268 g/mol. The van der Waals surface area contributed by atoms with Crippen molar-refractivity contribution in [1.82, 2.24) is 9.88 Å². The van der Waals surface area contributed by atoms with Crippen LogP contribution in [0.15, 0.2) is 6.20 Å². The number of aromatic nitrogens is 1. The van der Waals surface area contributed by atoms with Crippen LogP contribution in [0.2, 0.25) is 0 Å². The summed E-state index contributed by atoms with van der Waals surface area (Å²) in [6.07, 6.45) is 4.94. The summed E-state index contributed by atoms with van der Waals surface area (Å²) in [6, 6.07) is 0.629. The van der Waals surface area contributed by atoms with Gasteiger partial charge in [0.25, 0.3) is 0 Å². The van der Waals surface area contributed by atoms with Gasteiger partial charge in [-0.25, -0.2) is 4.98 Å². The van der Waals surface area contributed by atoms with Gasteiger partial charge in [0.15, 0.2) is 0 Å². The van der Waals surface area contributed by atoms with Crippen LogP contribution in [0.4, 0.5) is 0 Å². The predicted molar refractivity (Wildman–Crippen MR) is 76.2 cm³/mol. The Morgan fingerprint density at radius 1 is 1.50 bits per heavy atom. The van der Waals surface area contributed by atoms with Crippen LogP contribution in [-0.2, 0) is 6.42 Å². The highest BCUT2D eigenvalue weighted by molar-refractivity contribution is 7.11. The first-order valence-corrected chi connectivity index (χ1v) is 7.74. The fourth-order valence-electron chi connectivity index (χ4n) is 2.57. The summed E-state index contributed by atoms with van der Waals surface area (Å²) < 4.78 is 0. The van der Waals surface area contributed by atoms with Gasteiger partial charge in [-0.15, -0.1) is 11.3 Å². The second-order valence-corrected chi connectivity index (χ2v) is 6.79. The van der Waals surface area contributed by atoms with Crippen molar-refractivity contribution in [3.05, 3.63) is 16.1 Å². The molecule has 18 heavy (non-hydrogen) atoms. The van der Waals surface area contributed by atoms with Crippen molar-refractivity contribution >= 4 is 11.3 Å². The molecule has 2 unspecified atom stereocenters. The Bertz CT molecular complexity index is 376. The van der Waals surface area contributed by atoms with E-state index in [1.807, 2.05) is 13.1 Å². The van der Waals surface area contributed by atoms with E-state index >= 15 is 0 Å². The standard InChI is InChI=1S/C14H24N2OS/c1-10(2)16-6-4-5-12(9-16)14-15-8-13(18-14)7-11(3)17/h8,10-12,17H,4-7,9H2,1-3H3. The lowest BCUT2D eigenvalue weighted by atomic mass is 9.98. The second kappa shape index (κ2) is 6.13. The summed E-state index contributed by atoms with van der Waals surface area (Å²) in [7, 11) is 0. The number of rotatable bonds is 4. The fourth-order valence-corrected chi connectivity index (χ4v) is 3.74. The SMILES string of the molecule is CC(O)Cc1cnc(C2CCCN(C(C)C)C2)s1. The molecule has 0 aromatic carbocycles. The molecule has 0 saturated carbocycles. The van der Waals surface area contributed by atoms with Crippen LogP contribution in [-0.4, -0.2) is 40.2 Å². The summed E-state index contributed by atoms with van der Waals surface area (Å²) >= 11 is 1.78. The van der Waals surface area contributed by atoms with Gasteiger partial charge >= 0.3 is 0 Å². The van der Waals surface area contributed by atoms with Gasteiger partial charge in [0, 0.05) is 36.0 Å². The van der Waals surface area contributed by atoms with E-state index in [1.165, 1.54) is 29.3 Å². The van der Waals surface area contributed by atoms with Gasteiger partial charge in [-0.1, -0.05) is 0 Å². The lowest BCUT2D eigenvalue weighted by molar-refractivity contribution is 0.167. The lowest BCUT2D eigenvalue weighted by Gasteiger charge is -2.34. The highest BCUT2D eigenvalue weighted by Gasteiger charge is 2.25. The van der Waals surface area contributed by atoms with Crippen LogP contribution in [0.25, 0.3) is 0 Å². The molecule has 1 aliphatic heterocycles. The second-order valence-electron chi connectivity index (χ2n) is 5.65. The minimum atomic E-state index is -0.267. The third-order valence-corrected chi connectivity index (χ3v) is 4.78. The van der Waals surface area contributed by atoms with Gasteiger partial charge in [-0.3, -0.25) is 0 Å². The zero-order valence-electron chi connectivity index (χ0n) is 11.6. The smallest absolute Gasteiger partial charge is 0.0971 e. The first kappa shape index (κ1) is 14.0. The highest BCUT2D eigenvalue weighted by Crippen LogP contribution is 2.31. The first-order valence-electron chi connectivity index (χ1n) is 6.93. The molecule has 1 aliphatic rings. The van der Waals surface area contributed by atoms with E-state index in [1.54, 1.807) is 11.3 Å². The van der Waals surface area contributed by atoms with Crippen molar-refractivity contribution in [2.45, 2.75) is 58.1 Å². The zero-order valence-corrected chi connectivity index (χ0v) is 12.4. The van der Waals surface area contributed by atoms with Crippen molar-refractivity contribution < 1.29 is 5.11 Å². The Hall–Kier alpha value is -0.450. The lowest BCUT2D eigenvalue weighted by Crippen LogP contribution is -2.39. The Labute approximate surface area is 114 Å². The van der Waals surface area contributed by atoms with Crippen LogP contribution in [0.5, 0.6) is 0 Å². The molecule has 0 radical (unpaired) electrons. The van der Waals surface area contributed by atoms with E-state index in [0.717, 1.165) is 13.0 Å². The topological polar surface area (TPSA) is 36.4 Å². The maximum Gasteiger partial charge on any atom is 0.0971 e. The van der Waals surface area contributed by atoms with Crippen LogP contribution in [0.3, 0.4) is 0 Å². The molecule has 0 bridgehead atoms. The van der Waals surface area contributed by atoms with Gasteiger partial charge in [-0.2, -0.15) is 0 Å². The zero-order chi connectivity index (χ0) is 13.1. The molecule has 0 aliphatic carbocycles. The van der Waals surface area contributed by atoms with Gasteiger partial charge in [0.2, 0.25) is 0 Å². The van der Waals surface area contributed by atoms with Crippen molar-refractivity contribution in [3.8, 4) is 0 Å². The minimum absolute atomic E-state index is 0.267. The number of hydrogen-bond donors (Lipinski definition) is 1. The number of hydrogen-bond acceptors (Lipinski definition) is 4. The van der Waals surface area contributed by atoms with Crippen molar-refractivity contribution in [1.29, 1.82) is 0 Å². The van der Waals surface area contributed by atoms with Crippen LogP contribution < -0.4 is 0 Å². The molecule has 2 heterocycles. The molecule has 1 fully saturated rings. The van der Waals surface area contributed by atoms with E-state index in [4.69, 9.17) is 0 Å². The Balaban J connectivity index is 2.00. The number of aliphatic hydroxyl groups is 1. The Morgan fingerprint density at radius 3 is 2.94 bits per heavy atom. The molecule has 102 valence electrons. The van der Waals surface area contributed by atoms with E-state index in [-0.39, 0.29) is 6.10 Å². The molecular formula is C14H24N2OS. The monoisotopic (exact) mass is 268 g/mol. The summed E-state index contributed by atoms with van der Waals surface area (Å²) in [5.41, 5.74) is 0. The summed E-state index contributed by atoms with van der Waals surface area (Å²) in [4.78, 5) is 8.32. The van der Waals surface area contributed by atoms with Crippen LogP contribution in [0.1, 0.15) is 49.4 Å². The highest BCUT2D eigenvalue weighted by atomic mass is 32.1. The molecule has 3 nitrogen and oxygen atoms in total. The molecular weight excluding hydrogens is 244 g/mol. The maximum atomic E-state index is 9.41. The van der Waals surface area contributed by atoms with Crippen molar-refractivity contribution in [2.75, 3.05) is 13.1 Å². The van der Waals surface area contributed by atoms with Gasteiger partial charge in [0.05, 0.1) is 11.1 Å². The van der Waals surface area contributed by atoms with E-state index in [2.05, 4.69) is 23.7 Å². The third-order valence-electron chi connectivity index (χ3n) is 3.60. The van der Waals surface area contributed by atoms with E-state index in [0.29, 0.717) is 12.0 Å². The molecule has 1 N–H and O–H groups in total. The molecule has 0 spiro atoms. The summed E-state index contributed by atoms with van der Waals surface area (Å²) in [5.74, 6) is 0.592. The largest absolute Gasteiger partial charge is 0.393 e. The average Bonchev–Trinajstić information content (AvgIpc) is 2.77. The maximum absolute atomic E-state index is 9.41. The van der Waals surface area contributed by atoms with E-state index < -0.39 is 0 Å². The molecule has 4 heteroatoms. The minimum Gasteiger partial charge on any atom is -0.393 e. The van der Waals surface area contributed by atoms with Crippen molar-refractivity contribution in [2.24, 2.45) is 0 Å². The van der Waals surface area contributed by atoms with Crippen molar-refractivity contribution in [3.63, 3.8) is 0 Å². The predicted octanol–water partition coefficient (Wildman–Crippen LogP) is 2.65. The van der Waals surface area contributed by atoms with Crippen LogP contribution in [0, 0.1) is 0 Å². The molecule has 1 aromatic heterocycles. The van der Waals surface area contributed by atoms with Crippen LogP contribution >= 0.6 is 11.3 Å². The fraction of sp³-hybridized carbons (Fsp3) is 0.786. The molecule has 1 saturated heterocycles. The third kappa shape index (κ3) is 3.53. The van der Waals surface area contributed by atoms with E-state index in [9.17, 15) is 5.11 Å². The molecule has 2 rings (SSSR count). The molecule has 1 aromatic rings.